The Kier molecular flexibility index (Phi) is 7.06. The van der Waals surface area contributed by atoms with Crippen molar-refractivity contribution in [2.45, 2.75) is 19.4 Å². The number of aliphatic imine (C=N–C) groups is 1. The molecule has 1 aromatic carbocycles. The number of halogens is 1. The first-order valence-corrected chi connectivity index (χ1v) is 8.50. The van der Waals surface area contributed by atoms with Gasteiger partial charge in [-0.15, -0.1) is 24.0 Å². The quantitative estimate of drug-likeness (QED) is 0.413. The molecular weight excluding hydrogens is 431 g/mol. The molecule has 2 fully saturated rings. The molecule has 0 radical (unpaired) electrons. The largest absolute Gasteiger partial charge is 0.381 e. The predicted molar refractivity (Wildman–Crippen MR) is 110 cm³/mol. The van der Waals surface area contributed by atoms with Crippen molar-refractivity contribution in [2.24, 2.45) is 10.4 Å². The Bertz CT molecular complexity index is 612. The fourth-order valence-corrected chi connectivity index (χ4v) is 3.52. The van der Waals surface area contributed by atoms with Crippen molar-refractivity contribution in [3.8, 4) is 0 Å². The second kappa shape index (κ2) is 8.84. The van der Waals surface area contributed by atoms with Crippen molar-refractivity contribution in [3.05, 3.63) is 35.4 Å². The molecule has 2 aliphatic heterocycles. The summed E-state index contributed by atoms with van der Waals surface area (Å²) in [6.45, 7) is 4.50. The van der Waals surface area contributed by atoms with Crippen LogP contribution in [-0.2, 0) is 11.3 Å². The average Bonchev–Trinajstić information content (AvgIpc) is 3.26. The van der Waals surface area contributed by atoms with E-state index in [2.05, 4.69) is 20.5 Å². The smallest absolute Gasteiger partial charge is 0.251 e. The van der Waals surface area contributed by atoms with Crippen LogP contribution in [0.15, 0.2) is 29.3 Å². The third-order valence-electron chi connectivity index (χ3n) is 5.03. The Balaban J connectivity index is 0.00000225. The molecule has 1 amide bonds. The van der Waals surface area contributed by atoms with Crippen molar-refractivity contribution in [3.63, 3.8) is 0 Å². The van der Waals surface area contributed by atoms with Crippen molar-refractivity contribution >= 4 is 35.8 Å². The van der Waals surface area contributed by atoms with E-state index in [9.17, 15) is 4.79 Å². The topological polar surface area (TPSA) is 66.0 Å². The van der Waals surface area contributed by atoms with Gasteiger partial charge in [-0.3, -0.25) is 9.79 Å². The van der Waals surface area contributed by atoms with Crippen molar-refractivity contribution in [1.82, 2.24) is 15.5 Å². The highest BCUT2D eigenvalue weighted by Gasteiger charge is 2.42. The summed E-state index contributed by atoms with van der Waals surface area (Å²) in [7, 11) is 3.47. The summed E-state index contributed by atoms with van der Waals surface area (Å²) in [5, 5.41) is 6.06. The molecule has 6 nitrogen and oxygen atoms in total. The molecule has 0 saturated carbocycles. The summed E-state index contributed by atoms with van der Waals surface area (Å²) >= 11 is 0. The average molecular weight is 458 g/mol. The summed E-state index contributed by atoms with van der Waals surface area (Å²) in [5.74, 6) is 0.876. The first kappa shape index (κ1) is 20.0. The molecule has 1 spiro atoms. The SMILES string of the molecule is CN=C(NCc1ccc(C(=O)NC)cc1)N1CCC2(CCOC2)C1.I. The zero-order valence-electron chi connectivity index (χ0n) is 14.9. The van der Waals surface area contributed by atoms with Gasteiger partial charge in [0.15, 0.2) is 5.96 Å². The zero-order chi connectivity index (χ0) is 17.0. The Morgan fingerprint density at radius 3 is 2.68 bits per heavy atom. The lowest BCUT2D eigenvalue weighted by molar-refractivity contribution is 0.0963. The maximum atomic E-state index is 11.6. The molecule has 3 rings (SSSR count). The van der Waals surface area contributed by atoms with E-state index >= 15 is 0 Å². The van der Waals surface area contributed by atoms with Crippen LogP contribution in [0, 0.1) is 5.41 Å². The highest BCUT2D eigenvalue weighted by atomic mass is 127. The van der Waals surface area contributed by atoms with Gasteiger partial charge in [-0.05, 0) is 30.5 Å². The molecule has 1 aromatic rings. The second-order valence-corrected chi connectivity index (χ2v) is 6.65. The highest BCUT2D eigenvalue weighted by molar-refractivity contribution is 14.0. The van der Waals surface area contributed by atoms with Gasteiger partial charge in [-0.2, -0.15) is 0 Å². The lowest BCUT2D eigenvalue weighted by Gasteiger charge is -2.25. The van der Waals surface area contributed by atoms with Gasteiger partial charge in [-0.25, -0.2) is 0 Å². The second-order valence-electron chi connectivity index (χ2n) is 6.65. The number of rotatable bonds is 3. The van der Waals surface area contributed by atoms with Gasteiger partial charge in [0, 0.05) is 51.3 Å². The predicted octanol–water partition coefficient (Wildman–Crippen LogP) is 1.85. The molecule has 7 heteroatoms. The third kappa shape index (κ3) is 4.63. The fraction of sp³-hybridized carbons (Fsp3) is 0.556. The van der Waals surface area contributed by atoms with Crippen LogP contribution in [0.25, 0.3) is 0 Å². The van der Waals surface area contributed by atoms with Gasteiger partial charge in [0.2, 0.25) is 0 Å². The first-order chi connectivity index (χ1) is 11.7. The summed E-state index contributed by atoms with van der Waals surface area (Å²) in [6, 6.07) is 7.64. The minimum absolute atomic E-state index is 0. The number of carbonyl (C=O) groups is 1. The van der Waals surface area contributed by atoms with Crippen LogP contribution in [-0.4, -0.2) is 57.2 Å². The summed E-state index contributed by atoms with van der Waals surface area (Å²) in [5.41, 5.74) is 2.13. The first-order valence-electron chi connectivity index (χ1n) is 8.50. The fourth-order valence-electron chi connectivity index (χ4n) is 3.52. The van der Waals surface area contributed by atoms with E-state index in [1.165, 1.54) is 6.42 Å². The molecule has 25 heavy (non-hydrogen) atoms. The number of guanidine groups is 1. The number of nitrogens with one attached hydrogen (secondary N) is 2. The summed E-state index contributed by atoms with van der Waals surface area (Å²) < 4.78 is 5.59. The van der Waals surface area contributed by atoms with Gasteiger partial charge < -0.3 is 20.3 Å². The van der Waals surface area contributed by atoms with E-state index in [0.29, 0.717) is 17.5 Å². The maximum absolute atomic E-state index is 11.6. The number of carbonyl (C=O) groups excluding carboxylic acids is 1. The van der Waals surface area contributed by atoms with Crippen LogP contribution < -0.4 is 10.6 Å². The molecule has 2 heterocycles. The standard InChI is InChI=1S/C18H26N4O2.HI/c1-19-16(23)15-5-3-14(4-6-15)11-21-17(20-2)22-9-7-18(12-22)8-10-24-13-18;/h3-6H,7-13H2,1-2H3,(H,19,23)(H,20,21);1H. The number of benzene rings is 1. The van der Waals surface area contributed by atoms with Crippen LogP contribution in [0.4, 0.5) is 0 Å². The normalized spacial score (nSPS) is 22.8. The summed E-state index contributed by atoms with van der Waals surface area (Å²) in [4.78, 5) is 18.3. The maximum Gasteiger partial charge on any atom is 0.251 e. The minimum atomic E-state index is -0.0635. The van der Waals surface area contributed by atoms with Crippen molar-refractivity contribution in [1.29, 1.82) is 0 Å². The number of hydrogen-bond acceptors (Lipinski definition) is 3. The molecule has 1 atom stereocenters. The van der Waals surface area contributed by atoms with Crippen molar-refractivity contribution in [2.75, 3.05) is 40.4 Å². The molecule has 2 N–H and O–H groups in total. The van der Waals surface area contributed by atoms with Crippen LogP contribution >= 0.6 is 24.0 Å². The Hall–Kier alpha value is -1.35. The zero-order valence-corrected chi connectivity index (χ0v) is 17.2. The third-order valence-corrected chi connectivity index (χ3v) is 5.03. The molecule has 0 aliphatic carbocycles. The monoisotopic (exact) mass is 458 g/mol. The number of likely N-dealkylation sites (tertiary alicyclic amines) is 1. The van der Waals surface area contributed by atoms with E-state index in [1.54, 1.807) is 7.05 Å². The van der Waals surface area contributed by atoms with E-state index in [4.69, 9.17) is 4.74 Å². The van der Waals surface area contributed by atoms with E-state index in [0.717, 1.165) is 44.2 Å². The van der Waals surface area contributed by atoms with Crippen molar-refractivity contribution < 1.29 is 9.53 Å². The van der Waals surface area contributed by atoms with E-state index < -0.39 is 0 Å². The Morgan fingerprint density at radius 2 is 2.08 bits per heavy atom. The molecular formula is C18H27IN4O2. The summed E-state index contributed by atoms with van der Waals surface area (Å²) in [6.07, 6.45) is 2.33. The van der Waals surface area contributed by atoms with Crippen LogP contribution in [0.2, 0.25) is 0 Å². The minimum Gasteiger partial charge on any atom is -0.381 e. The number of amides is 1. The molecule has 138 valence electrons. The molecule has 2 saturated heterocycles. The van der Waals surface area contributed by atoms with Gasteiger partial charge >= 0.3 is 0 Å². The number of hydrogen-bond donors (Lipinski definition) is 2. The van der Waals surface area contributed by atoms with Gasteiger partial charge in [0.25, 0.3) is 5.91 Å². The van der Waals surface area contributed by atoms with Crippen LogP contribution in [0.3, 0.4) is 0 Å². The Labute approximate surface area is 166 Å². The molecule has 2 aliphatic rings. The number of nitrogens with zero attached hydrogens (tertiary/aromatic N) is 2. The molecule has 0 bridgehead atoms. The van der Waals surface area contributed by atoms with Crippen LogP contribution in [0.5, 0.6) is 0 Å². The van der Waals surface area contributed by atoms with Gasteiger partial charge in [0.1, 0.15) is 0 Å². The van der Waals surface area contributed by atoms with E-state index in [-0.39, 0.29) is 29.9 Å². The van der Waals surface area contributed by atoms with Gasteiger partial charge in [-0.1, -0.05) is 12.1 Å². The lowest BCUT2D eigenvalue weighted by Crippen LogP contribution is -2.41. The molecule has 1 unspecified atom stereocenters. The van der Waals surface area contributed by atoms with E-state index in [1.807, 2.05) is 31.3 Å². The number of ether oxygens (including phenoxy) is 1. The highest BCUT2D eigenvalue weighted by Crippen LogP contribution is 2.38. The van der Waals surface area contributed by atoms with Crippen LogP contribution in [0.1, 0.15) is 28.8 Å². The lowest BCUT2D eigenvalue weighted by atomic mass is 9.87. The molecule has 0 aromatic heterocycles. The van der Waals surface area contributed by atoms with Gasteiger partial charge in [0.05, 0.1) is 6.61 Å². The Morgan fingerprint density at radius 1 is 1.32 bits per heavy atom.